The average Bonchev–Trinajstić information content (AvgIpc) is 3.03. The van der Waals surface area contributed by atoms with E-state index in [0.29, 0.717) is 11.3 Å². The van der Waals surface area contributed by atoms with Crippen LogP contribution in [0.1, 0.15) is 33.6 Å². The Morgan fingerprint density at radius 3 is 2.50 bits per heavy atom. The van der Waals surface area contributed by atoms with Gasteiger partial charge in [-0.2, -0.15) is 0 Å². The molecule has 1 atom stereocenters. The first kappa shape index (κ1) is 11.8. The molecule has 1 aliphatic rings. The van der Waals surface area contributed by atoms with Crippen molar-refractivity contribution >= 4 is 17.4 Å². The molecule has 0 radical (unpaired) electrons. The van der Waals surface area contributed by atoms with Gasteiger partial charge in [0, 0.05) is 21.9 Å². The second kappa shape index (κ2) is 5.13. The molecule has 0 aliphatic heterocycles. The van der Waals surface area contributed by atoms with E-state index in [1.165, 1.54) is 23.4 Å². The zero-order valence-corrected chi connectivity index (χ0v) is 11.2. The van der Waals surface area contributed by atoms with Crippen LogP contribution in [0.4, 0.5) is 5.69 Å². The molecule has 0 aromatic heterocycles. The monoisotopic (exact) mass is 235 g/mol. The predicted molar refractivity (Wildman–Crippen MR) is 73.2 cm³/mol. The van der Waals surface area contributed by atoms with E-state index in [2.05, 4.69) is 50.4 Å². The summed E-state index contributed by atoms with van der Waals surface area (Å²) in [7, 11) is 0. The molecule has 1 nitrogen and oxygen atoms in total. The Bertz CT molecular complexity index is 344. The summed E-state index contributed by atoms with van der Waals surface area (Å²) in [6.45, 7) is 6.78. The summed E-state index contributed by atoms with van der Waals surface area (Å²) in [6, 6.07) is 9.27. The molecule has 0 bridgehead atoms. The molecule has 1 saturated carbocycles. The molecule has 2 heteroatoms. The molecule has 1 unspecified atom stereocenters. The molecule has 0 heterocycles. The van der Waals surface area contributed by atoms with E-state index < -0.39 is 0 Å². The second-order valence-electron chi connectivity index (χ2n) is 4.93. The molecule has 1 aromatic rings. The van der Waals surface area contributed by atoms with Crippen molar-refractivity contribution in [1.82, 2.24) is 0 Å². The van der Waals surface area contributed by atoms with Gasteiger partial charge in [0.25, 0.3) is 0 Å². The molecule has 16 heavy (non-hydrogen) atoms. The molecule has 1 aromatic carbocycles. The summed E-state index contributed by atoms with van der Waals surface area (Å²) in [6.07, 6.45) is 2.79. The topological polar surface area (TPSA) is 12.0 Å². The Kier molecular flexibility index (Phi) is 3.80. The Labute approximate surface area is 103 Å². The minimum atomic E-state index is 0.619. The average molecular weight is 235 g/mol. The fraction of sp³-hybridized carbons (Fsp3) is 0.571. The van der Waals surface area contributed by atoms with Crippen LogP contribution >= 0.6 is 11.8 Å². The first-order valence-corrected chi connectivity index (χ1v) is 7.07. The van der Waals surface area contributed by atoms with Crippen molar-refractivity contribution in [2.45, 2.75) is 49.8 Å². The Balaban J connectivity index is 2.05. The molecule has 0 amide bonds. The highest BCUT2D eigenvalue weighted by Crippen LogP contribution is 2.36. The Morgan fingerprint density at radius 1 is 1.19 bits per heavy atom. The fourth-order valence-corrected chi connectivity index (χ4v) is 2.82. The van der Waals surface area contributed by atoms with E-state index in [1.807, 2.05) is 11.8 Å². The summed E-state index contributed by atoms with van der Waals surface area (Å²) in [4.78, 5) is 1.38. The molecule has 2 rings (SSSR count). The molecular weight excluding hydrogens is 214 g/mol. The van der Waals surface area contributed by atoms with Crippen molar-refractivity contribution in [1.29, 1.82) is 0 Å². The van der Waals surface area contributed by atoms with Gasteiger partial charge >= 0.3 is 0 Å². The number of thioether (sulfide) groups is 1. The van der Waals surface area contributed by atoms with Crippen molar-refractivity contribution in [3.63, 3.8) is 0 Å². The lowest BCUT2D eigenvalue weighted by atomic mass is 10.2. The van der Waals surface area contributed by atoms with Crippen LogP contribution in [0.2, 0.25) is 0 Å². The standard InChI is InChI=1S/C14H21NS/c1-10(2)16-14-7-5-4-6-13(14)15-11(3)12-8-9-12/h4-7,10-12,15H,8-9H2,1-3H3. The number of hydrogen-bond acceptors (Lipinski definition) is 2. The highest BCUT2D eigenvalue weighted by Gasteiger charge is 2.28. The molecule has 0 spiro atoms. The largest absolute Gasteiger partial charge is 0.381 e. The maximum Gasteiger partial charge on any atom is 0.0480 e. The van der Waals surface area contributed by atoms with Crippen LogP contribution < -0.4 is 5.32 Å². The highest BCUT2D eigenvalue weighted by molar-refractivity contribution is 8.00. The van der Waals surface area contributed by atoms with E-state index in [1.54, 1.807) is 0 Å². The number of anilines is 1. The molecule has 1 fully saturated rings. The molecule has 1 aliphatic carbocycles. The van der Waals surface area contributed by atoms with Gasteiger partial charge in [0.15, 0.2) is 0 Å². The quantitative estimate of drug-likeness (QED) is 0.759. The number of nitrogens with one attached hydrogen (secondary N) is 1. The summed E-state index contributed by atoms with van der Waals surface area (Å²) in [5, 5.41) is 4.30. The minimum absolute atomic E-state index is 0.619. The van der Waals surface area contributed by atoms with Crippen LogP contribution in [0, 0.1) is 5.92 Å². The maximum atomic E-state index is 3.66. The van der Waals surface area contributed by atoms with Crippen molar-refractivity contribution in [2.24, 2.45) is 5.92 Å². The van der Waals surface area contributed by atoms with Gasteiger partial charge in [-0.3, -0.25) is 0 Å². The van der Waals surface area contributed by atoms with Gasteiger partial charge in [-0.05, 0) is 37.8 Å². The van der Waals surface area contributed by atoms with E-state index in [0.717, 1.165) is 5.92 Å². The van der Waals surface area contributed by atoms with Crippen molar-refractivity contribution < 1.29 is 0 Å². The zero-order valence-electron chi connectivity index (χ0n) is 10.4. The lowest BCUT2D eigenvalue weighted by Crippen LogP contribution is -2.17. The minimum Gasteiger partial charge on any atom is -0.381 e. The Hall–Kier alpha value is -0.630. The van der Waals surface area contributed by atoms with E-state index in [-0.39, 0.29) is 0 Å². The summed E-state index contributed by atoms with van der Waals surface area (Å²) in [5.74, 6) is 0.900. The van der Waals surface area contributed by atoms with Crippen LogP contribution in [0.3, 0.4) is 0 Å². The first-order valence-electron chi connectivity index (χ1n) is 6.19. The molecule has 88 valence electrons. The summed E-state index contributed by atoms with van der Waals surface area (Å²) in [5.41, 5.74) is 1.31. The van der Waals surface area contributed by atoms with Crippen LogP contribution in [0.15, 0.2) is 29.2 Å². The van der Waals surface area contributed by atoms with Gasteiger partial charge in [-0.25, -0.2) is 0 Å². The lowest BCUT2D eigenvalue weighted by Gasteiger charge is -2.18. The highest BCUT2D eigenvalue weighted by atomic mass is 32.2. The fourth-order valence-electron chi connectivity index (χ4n) is 1.90. The number of benzene rings is 1. The number of rotatable bonds is 5. The first-order chi connectivity index (χ1) is 7.66. The van der Waals surface area contributed by atoms with E-state index >= 15 is 0 Å². The van der Waals surface area contributed by atoms with Crippen molar-refractivity contribution in [3.8, 4) is 0 Å². The summed E-state index contributed by atoms with van der Waals surface area (Å²) >= 11 is 1.94. The van der Waals surface area contributed by atoms with Gasteiger partial charge < -0.3 is 5.32 Å². The molecule has 1 N–H and O–H groups in total. The van der Waals surface area contributed by atoms with Gasteiger partial charge in [0.2, 0.25) is 0 Å². The van der Waals surface area contributed by atoms with Gasteiger partial charge in [0.1, 0.15) is 0 Å². The normalized spacial score (nSPS) is 17.5. The van der Waals surface area contributed by atoms with Crippen LogP contribution in [0.5, 0.6) is 0 Å². The zero-order chi connectivity index (χ0) is 11.5. The predicted octanol–water partition coefficient (Wildman–Crippen LogP) is 4.40. The van der Waals surface area contributed by atoms with Crippen LogP contribution in [0.25, 0.3) is 0 Å². The third-order valence-corrected chi connectivity index (χ3v) is 4.04. The third kappa shape index (κ3) is 3.18. The van der Waals surface area contributed by atoms with E-state index in [4.69, 9.17) is 0 Å². The van der Waals surface area contributed by atoms with E-state index in [9.17, 15) is 0 Å². The Morgan fingerprint density at radius 2 is 1.88 bits per heavy atom. The van der Waals surface area contributed by atoms with Gasteiger partial charge in [-0.15, -0.1) is 11.8 Å². The van der Waals surface area contributed by atoms with Crippen LogP contribution in [-0.2, 0) is 0 Å². The van der Waals surface area contributed by atoms with Gasteiger partial charge in [0.05, 0.1) is 0 Å². The van der Waals surface area contributed by atoms with Crippen LogP contribution in [-0.4, -0.2) is 11.3 Å². The smallest absolute Gasteiger partial charge is 0.0480 e. The number of hydrogen-bond donors (Lipinski definition) is 1. The summed E-state index contributed by atoms with van der Waals surface area (Å²) < 4.78 is 0. The second-order valence-corrected chi connectivity index (χ2v) is 6.55. The van der Waals surface area contributed by atoms with Crippen molar-refractivity contribution in [2.75, 3.05) is 5.32 Å². The van der Waals surface area contributed by atoms with Gasteiger partial charge in [-0.1, -0.05) is 26.0 Å². The molecular formula is C14H21NS. The molecule has 0 saturated heterocycles. The third-order valence-electron chi connectivity index (χ3n) is 2.96. The number of para-hydroxylation sites is 1. The lowest BCUT2D eigenvalue weighted by molar-refractivity contribution is 0.692. The SMILES string of the molecule is CC(C)Sc1ccccc1NC(C)C1CC1. The maximum absolute atomic E-state index is 3.66. The van der Waals surface area contributed by atoms with Crippen molar-refractivity contribution in [3.05, 3.63) is 24.3 Å².